The number of hydrogen-bond donors (Lipinski definition) is 1. The van der Waals surface area contributed by atoms with Gasteiger partial charge < -0.3 is 10.5 Å². The third-order valence-corrected chi connectivity index (χ3v) is 4.85. The maximum atomic E-state index is 6.00. The highest BCUT2D eigenvalue weighted by Crippen LogP contribution is 2.30. The minimum atomic E-state index is 0.603. The van der Waals surface area contributed by atoms with Gasteiger partial charge in [0.2, 0.25) is 0 Å². The third-order valence-electron chi connectivity index (χ3n) is 4.85. The van der Waals surface area contributed by atoms with Gasteiger partial charge in [-0.1, -0.05) is 73.4 Å². The molecule has 0 bridgehead atoms. The number of ether oxygens (including phenoxy) is 1. The summed E-state index contributed by atoms with van der Waals surface area (Å²) in [5, 5.41) is 0. The van der Waals surface area contributed by atoms with Crippen LogP contribution in [0.15, 0.2) is 60.2 Å². The fourth-order valence-corrected chi connectivity index (χ4v) is 3.43. The molecule has 1 aliphatic carbocycles. The summed E-state index contributed by atoms with van der Waals surface area (Å²) in [6.45, 7) is 1.27. The molecule has 2 nitrogen and oxygen atoms in total. The Morgan fingerprint density at radius 3 is 2.33 bits per heavy atom. The van der Waals surface area contributed by atoms with Gasteiger partial charge >= 0.3 is 0 Å². The Bertz CT molecular complexity index is 639. The molecule has 24 heavy (non-hydrogen) atoms. The molecule has 2 aromatic rings. The lowest BCUT2D eigenvalue weighted by Crippen LogP contribution is -2.16. The van der Waals surface area contributed by atoms with E-state index in [1.54, 1.807) is 0 Å². The molecule has 1 saturated carbocycles. The Balaban J connectivity index is 1.61. The molecule has 0 unspecified atom stereocenters. The van der Waals surface area contributed by atoms with Crippen molar-refractivity contribution in [2.24, 2.45) is 11.7 Å². The topological polar surface area (TPSA) is 35.2 Å². The summed E-state index contributed by atoms with van der Waals surface area (Å²) in [6, 6.07) is 18.6. The van der Waals surface area contributed by atoms with Crippen LogP contribution < -0.4 is 10.5 Å². The molecule has 2 N–H and O–H groups in total. The lowest BCUT2D eigenvalue weighted by molar-refractivity contribution is 0.306. The van der Waals surface area contributed by atoms with E-state index in [2.05, 4.69) is 30.3 Å². The molecule has 0 aromatic heterocycles. The van der Waals surface area contributed by atoms with Gasteiger partial charge in [0, 0.05) is 6.54 Å². The molecule has 0 amide bonds. The first kappa shape index (κ1) is 16.8. The fourth-order valence-electron chi connectivity index (χ4n) is 3.43. The molecule has 1 aliphatic rings. The van der Waals surface area contributed by atoms with E-state index in [0.717, 1.165) is 5.75 Å². The van der Waals surface area contributed by atoms with Crippen LogP contribution >= 0.6 is 0 Å². The van der Waals surface area contributed by atoms with Gasteiger partial charge in [0.1, 0.15) is 12.4 Å². The Kier molecular flexibility index (Phi) is 6.08. The van der Waals surface area contributed by atoms with Crippen LogP contribution in [0.25, 0.3) is 6.08 Å². The second-order valence-electron chi connectivity index (χ2n) is 6.60. The Morgan fingerprint density at radius 2 is 1.67 bits per heavy atom. The summed E-state index contributed by atoms with van der Waals surface area (Å²) < 4.78 is 5.85. The van der Waals surface area contributed by atoms with Crippen LogP contribution in [-0.2, 0) is 6.61 Å². The summed E-state index contributed by atoms with van der Waals surface area (Å²) in [6.07, 6.45) is 8.92. The number of rotatable bonds is 6. The van der Waals surface area contributed by atoms with Crippen molar-refractivity contribution in [1.82, 2.24) is 0 Å². The summed E-state index contributed by atoms with van der Waals surface area (Å²) in [7, 11) is 0. The molecule has 0 heterocycles. The number of nitrogens with two attached hydrogens (primary N) is 1. The fraction of sp³-hybridized carbons (Fsp3) is 0.364. The number of benzene rings is 2. The average Bonchev–Trinajstić information content (AvgIpc) is 2.67. The van der Waals surface area contributed by atoms with Gasteiger partial charge in [-0.15, -0.1) is 0 Å². The minimum absolute atomic E-state index is 0.603. The Labute approximate surface area is 145 Å². The van der Waals surface area contributed by atoms with Crippen LogP contribution in [0.2, 0.25) is 0 Å². The standard InChI is InChI=1S/C22H27NO/c23-16-21(20-9-5-2-6-10-20)15-18-11-13-22(14-12-18)24-17-19-7-3-1-4-8-19/h1,3-4,7-8,11-15,20H,2,5-6,9-10,16-17,23H2/b21-15-. The molecular weight excluding hydrogens is 294 g/mol. The van der Waals surface area contributed by atoms with E-state index in [1.165, 1.54) is 48.8 Å². The van der Waals surface area contributed by atoms with Crippen molar-refractivity contribution in [2.75, 3.05) is 6.54 Å². The van der Waals surface area contributed by atoms with Crippen LogP contribution in [0.5, 0.6) is 5.75 Å². The van der Waals surface area contributed by atoms with Crippen molar-refractivity contribution < 1.29 is 4.74 Å². The minimum Gasteiger partial charge on any atom is -0.489 e. The quantitative estimate of drug-likeness (QED) is 0.795. The van der Waals surface area contributed by atoms with E-state index in [9.17, 15) is 0 Å². The molecule has 0 radical (unpaired) electrons. The molecule has 3 rings (SSSR count). The normalized spacial score (nSPS) is 16.1. The molecule has 0 atom stereocenters. The SMILES string of the molecule is NC/C(=C/c1ccc(OCc2ccccc2)cc1)C1CCCCC1. The molecule has 2 heteroatoms. The molecule has 126 valence electrons. The van der Waals surface area contributed by atoms with Gasteiger partial charge in [-0.3, -0.25) is 0 Å². The highest BCUT2D eigenvalue weighted by molar-refractivity contribution is 5.55. The zero-order valence-electron chi connectivity index (χ0n) is 14.3. The summed E-state index contributed by atoms with van der Waals surface area (Å²) in [4.78, 5) is 0. The van der Waals surface area contributed by atoms with Crippen LogP contribution in [0, 0.1) is 5.92 Å². The molecule has 2 aromatic carbocycles. The van der Waals surface area contributed by atoms with E-state index in [1.807, 2.05) is 30.3 Å². The van der Waals surface area contributed by atoms with Crippen molar-refractivity contribution in [2.45, 2.75) is 38.7 Å². The zero-order valence-corrected chi connectivity index (χ0v) is 14.3. The second-order valence-corrected chi connectivity index (χ2v) is 6.60. The van der Waals surface area contributed by atoms with Crippen molar-refractivity contribution in [1.29, 1.82) is 0 Å². The summed E-state index contributed by atoms with van der Waals surface area (Å²) in [5.41, 5.74) is 9.80. The maximum Gasteiger partial charge on any atom is 0.119 e. The van der Waals surface area contributed by atoms with Crippen molar-refractivity contribution in [3.8, 4) is 5.75 Å². The third kappa shape index (κ3) is 4.72. The maximum absolute atomic E-state index is 6.00. The molecule has 0 saturated heterocycles. The summed E-state index contributed by atoms with van der Waals surface area (Å²) in [5.74, 6) is 1.58. The first-order valence-corrected chi connectivity index (χ1v) is 9.02. The van der Waals surface area contributed by atoms with Crippen LogP contribution in [0.4, 0.5) is 0 Å². The van der Waals surface area contributed by atoms with E-state index in [0.29, 0.717) is 19.1 Å². The van der Waals surface area contributed by atoms with Crippen molar-refractivity contribution in [3.63, 3.8) is 0 Å². The highest BCUT2D eigenvalue weighted by atomic mass is 16.5. The predicted octanol–water partition coefficient (Wildman–Crippen LogP) is 5.19. The largest absolute Gasteiger partial charge is 0.489 e. The Morgan fingerprint density at radius 1 is 0.958 bits per heavy atom. The highest BCUT2D eigenvalue weighted by Gasteiger charge is 2.16. The second kappa shape index (κ2) is 8.70. The van der Waals surface area contributed by atoms with E-state index in [-0.39, 0.29) is 0 Å². The average molecular weight is 321 g/mol. The van der Waals surface area contributed by atoms with Crippen molar-refractivity contribution >= 4 is 6.08 Å². The van der Waals surface area contributed by atoms with Gasteiger partial charge in [-0.05, 0) is 42.0 Å². The number of hydrogen-bond acceptors (Lipinski definition) is 2. The van der Waals surface area contributed by atoms with Gasteiger partial charge in [0.15, 0.2) is 0 Å². The molecule has 0 aliphatic heterocycles. The summed E-state index contributed by atoms with van der Waals surface area (Å²) >= 11 is 0. The monoisotopic (exact) mass is 321 g/mol. The van der Waals surface area contributed by atoms with Crippen LogP contribution in [0.3, 0.4) is 0 Å². The van der Waals surface area contributed by atoms with Crippen LogP contribution in [-0.4, -0.2) is 6.54 Å². The molecular formula is C22H27NO. The van der Waals surface area contributed by atoms with E-state index >= 15 is 0 Å². The molecule has 0 spiro atoms. The Hall–Kier alpha value is -2.06. The van der Waals surface area contributed by atoms with Gasteiger partial charge in [-0.2, -0.15) is 0 Å². The lowest BCUT2D eigenvalue weighted by Gasteiger charge is -2.24. The van der Waals surface area contributed by atoms with Gasteiger partial charge in [0.05, 0.1) is 0 Å². The first-order chi connectivity index (χ1) is 11.8. The first-order valence-electron chi connectivity index (χ1n) is 9.02. The van der Waals surface area contributed by atoms with Crippen LogP contribution in [0.1, 0.15) is 43.2 Å². The van der Waals surface area contributed by atoms with E-state index in [4.69, 9.17) is 10.5 Å². The predicted molar refractivity (Wildman–Crippen MR) is 101 cm³/mol. The van der Waals surface area contributed by atoms with E-state index < -0.39 is 0 Å². The smallest absolute Gasteiger partial charge is 0.119 e. The lowest BCUT2D eigenvalue weighted by atomic mass is 9.83. The molecule has 1 fully saturated rings. The van der Waals surface area contributed by atoms with Gasteiger partial charge in [0.25, 0.3) is 0 Å². The zero-order chi connectivity index (χ0) is 16.6. The van der Waals surface area contributed by atoms with Crippen molar-refractivity contribution in [3.05, 3.63) is 71.3 Å². The van der Waals surface area contributed by atoms with Gasteiger partial charge in [-0.25, -0.2) is 0 Å².